The van der Waals surface area contributed by atoms with Crippen LogP contribution in [0.15, 0.2) is 39.5 Å². The fourth-order valence-corrected chi connectivity index (χ4v) is 4.06. The number of hydrogen-bond donors (Lipinski definition) is 0. The predicted molar refractivity (Wildman–Crippen MR) is 109 cm³/mol. The van der Waals surface area contributed by atoms with Crippen LogP contribution in [0.2, 0.25) is 0 Å². The van der Waals surface area contributed by atoms with Gasteiger partial charge in [0.15, 0.2) is 6.73 Å². The monoisotopic (exact) mass is 363 g/mol. The van der Waals surface area contributed by atoms with Gasteiger partial charge in [-0.15, -0.1) is 0 Å². The predicted octanol–water partition coefficient (Wildman–Crippen LogP) is 5.03. The maximum absolute atomic E-state index is 12.0. The van der Waals surface area contributed by atoms with Crippen molar-refractivity contribution in [3.63, 3.8) is 0 Å². The van der Waals surface area contributed by atoms with Gasteiger partial charge in [0.05, 0.1) is 0 Å². The van der Waals surface area contributed by atoms with Crippen LogP contribution >= 0.6 is 0 Å². The Bertz CT molecular complexity index is 1060. The zero-order chi connectivity index (χ0) is 19.1. The second-order valence-corrected chi connectivity index (χ2v) is 7.52. The Balaban J connectivity index is 1.82. The van der Waals surface area contributed by atoms with Crippen molar-refractivity contribution in [3.05, 3.63) is 68.6 Å². The molecule has 0 unspecified atom stereocenters. The summed E-state index contributed by atoms with van der Waals surface area (Å²) in [6, 6.07) is 10.3. The number of anilines is 1. The molecule has 0 atom stereocenters. The van der Waals surface area contributed by atoms with Crippen LogP contribution in [0, 0.1) is 20.8 Å². The summed E-state index contributed by atoms with van der Waals surface area (Å²) in [7, 11) is 0. The molecule has 4 nitrogen and oxygen atoms in total. The number of ether oxygens (including phenoxy) is 1. The van der Waals surface area contributed by atoms with E-state index in [1.807, 2.05) is 6.92 Å². The lowest BCUT2D eigenvalue weighted by Crippen LogP contribution is -2.32. The second kappa shape index (κ2) is 6.76. The molecule has 2 aromatic carbocycles. The van der Waals surface area contributed by atoms with Crippen LogP contribution in [-0.4, -0.2) is 6.73 Å². The lowest BCUT2D eigenvalue weighted by molar-refractivity contribution is 0.287. The van der Waals surface area contributed by atoms with Crippen molar-refractivity contribution in [2.45, 2.75) is 47.1 Å². The van der Waals surface area contributed by atoms with E-state index in [1.54, 1.807) is 6.07 Å². The van der Waals surface area contributed by atoms with Crippen LogP contribution in [0.25, 0.3) is 11.0 Å². The summed E-state index contributed by atoms with van der Waals surface area (Å²) >= 11 is 0. The molecule has 1 aliphatic rings. The Labute approximate surface area is 159 Å². The first kappa shape index (κ1) is 17.7. The summed E-state index contributed by atoms with van der Waals surface area (Å²) in [5.41, 5.74) is 7.14. The minimum atomic E-state index is -0.290. The summed E-state index contributed by atoms with van der Waals surface area (Å²) in [4.78, 5) is 14.2. The fourth-order valence-electron chi connectivity index (χ4n) is 4.06. The SMILES string of the molecule is CCCc1cc(=O)oc2c(C)c3c(cc12)CN(c1cc(C)cc(C)c1)CO3. The highest BCUT2D eigenvalue weighted by atomic mass is 16.5. The third kappa shape index (κ3) is 3.20. The Hall–Kier alpha value is -2.75. The van der Waals surface area contributed by atoms with Gasteiger partial charge >= 0.3 is 5.63 Å². The maximum Gasteiger partial charge on any atom is 0.336 e. The highest BCUT2D eigenvalue weighted by molar-refractivity contribution is 5.86. The molecule has 0 aliphatic carbocycles. The zero-order valence-electron chi connectivity index (χ0n) is 16.4. The highest BCUT2D eigenvalue weighted by Crippen LogP contribution is 2.37. The van der Waals surface area contributed by atoms with Crippen LogP contribution in [-0.2, 0) is 13.0 Å². The summed E-state index contributed by atoms with van der Waals surface area (Å²) in [5.74, 6) is 0.847. The second-order valence-electron chi connectivity index (χ2n) is 7.52. The van der Waals surface area contributed by atoms with Crippen molar-refractivity contribution in [1.82, 2.24) is 0 Å². The van der Waals surface area contributed by atoms with Gasteiger partial charge in [-0.1, -0.05) is 19.4 Å². The molecule has 2 heterocycles. The molecule has 0 saturated carbocycles. The molecule has 0 saturated heterocycles. The Morgan fingerprint density at radius 2 is 1.78 bits per heavy atom. The lowest BCUT2D eigenvalue weighted by Gasteiger charge is -2.32. The third-order valence-corrected chi connectivity index (χ3v) is 5.19. The fraction of sp³-hybridized carbons (Fsp3) is 0.348. The molecule has 4 rings (SSSR count). The van der Waals surface area contributed by atoms with Crippen molar-refractivity contribution >= 4 is 16.7 Å². The van der Waals surface area contributed by atoms with E-state index in [2.05, 4.69) is 49.9 Å². The van der Waals surface area contributed by atoms with Crippen LogP contribution in [0.3, 0.4) is 0 Å². The molecule has 0 spiro atoms. The molecule has 1 aliphatic heterocycles. The lowest BCUT2D eigenvalue weighted by atomic mass is 9.98. The normalized spacial score (nSPS) is 13.6. The minimum Gasteiger partial charge on any atom is -0.472 e. The molecular formula is C23H25NO3. The van der Waals surface area contributed by atoms with Crippen molar-refractivity contribution in [2.75, 3.05) is 11.6 Å². The van der Waals surface area contributed by atoms with E-state index in [9.17, 15) is 4.79 Å². The molecule has 140 valence electrons. The summed E-state index contributed by atoms with van der Waals surface area (Å²) in [5, 5.41) is 1.03. The molecule has 3 aromatic rings. The standard InChI is InChI=1S/C23H25NO3/c1-5-6-17-11-21(25)27-23-16(4)22-18(10-20(17)23)12-24(13-26-22)19-8-14(2)7-15(3)9-19/h7-11H,5-6,12-13H2,1-4H3. The molecule has 0 fully saturated rings. The van der Waals surface area contributed by atoms with Gasteiger partial charge in [0, 0.05) is 34.8 Å². The maximum atomic E-state index is 12.0. The first-order chi connectivity index (χ1) is 13.0. The van der Waals surface area contributed by atoms with Crippen molar-refractivity contribution in [3.8, 4) is 5.75 Å². The number of aryl methyl sites for hydroxylation is 4. The van der Waals surface area contributed by atoms with E-state index < -0.39 is 0 Å². The number of rotatable bonds is 3. The van der Waals surface area contributed by atoms with Gasteiger partial charge in [-0.3, -0.25) is 0 Å². The topological polar surface area (TPSA) is 42.7 Å². The van der Waals surface area contributed by atoms with Crippen LogP contribution in [0.4, 0.5) is 5.69 Å². The quantitative estimate of drug-likeness (QED) is 0.612. The Kier molecular flexibility index (Phi) is 4.42. The van der Waals surface area contributed by atoms with E-state index in [0.717, 1.165) is 47.2 Å². The van der Waals surface area contributed by atoms with Crippen molar-refractivity contribution in [1.29, 1.82) is 0 Å². The van der Waals surface area contributed by atoms with Gasteiger partial charge in [-0.25, -0.2) is 4.79 Å². The van der Waals surface area contributed by atoms with E-state index in [1.165, 1.54) is 16.8 Å². The van der Waals surface area contributed by atoms with E-state index in [0.29, 0.717) is 12.3 Å². The number of benzene rings is 2. The van der Waals surface area contributed by atoms with Gasteiger partial charge in [0.1, 0.15) is 11.3 Å². The first-order valence-corrected chi connectivity index (χ1v) is 9.51. The first-order valence-electron chi connectivity index (χ1n) is 9.51. The van der Waals surface area contributed by atoms with E-state index >= 15 is 0 Å². The number of hydrogen-bond acceptors (Lipinski definition) is 4. The Morgan fingerprint density at radius 3 is 2.48 bits per heavy atom. The molecule has 0 radical (unpaired) electrons. The van der Waals surface area contributed by atoms with Gasteiger partial charge in [-0.2, -0.15) is 0 Å². The van der Waals surface area contributed by atoms with Gasteiger partial charge in [0.2, 0.25) is 0 Å². The zero-order valence-corrected chi connectivity index (χ0v) is 16.4. The van der Waals surface area contributed by atoms with Gasteiger partial charge < -0.3 is 14.1 Å². The van der Waals surface area contributed by atoms with Crippen LogP contribution in [0.5, 0.6) is 5.75 Å². The summed E-state index contributed by atoms with van der Waals surface area (Å²) in [6.45, 7) is 9.60. The van der Waals surface area contributed by atoms with Gasteiger partial charge in [-0.05, 0) is 62.1 Å². The highest BCUT2D eigenvalue weighted by Gasteiger charge is 2.23. The van der Waals surface area contributed by atoms with Gasteiger partial charge in [0.25, 0.3) is 0 Å². The molecule has 1 aromatic heterocycles. The average molecular weight is 363 g/mol. The molecule has 4 heteroatoms. The molecule has 27 heavy (non-hydrogen) atoms. The van der Waals surface area contributed by atoms with Crippen LogP contribution < -0.4 is 15.3 Å². The molecule has 0 amide bonds. The smallest absolute Gasteiger partial charge is 0.336 e. The minimum absolute atomic E-state index is 0.290. The third-order valence-electron chi connectivity index (χ3n) is 5.19. The molecule has 0 N–H and O–H groups in total. The molecule has 0 bridgehead atoms. The van der Waals surface area contributed by atoms with Crippen LogP contribution in [0.1, 0.15) is 41.2 Å². The molecular weight excluding hydrogens is 338 g/mol. The number of nitrogens with zero attached hydrogens (tertiary/aromatic N) is 1. The van der Waals surface area contributed by atoms with E-state index in [-0.39, 0.29) is 5.63 Å². The summed E-state index contributed by atoms with van der Waals surface area (Å²) in [6.07, 6.45) is 1.85. The largest absolute Gasteiger partial charge is 0.472 e. The Morgan fingerprint density at radius 1 is 1.04 bits per heavy atom. The van der Waals surface area contributed by atoms with Crippen molar-refractivity contribution in [2.24, 2.45) is 0 Å². The summed E-state index contributed by atoms with van der Waals surface area (Å²) < 4.78 is 11.7. The van der Waals surface area contributed by atoms with Crippen molar-refractivity contribution < 1.29 is 9.15 Å². The average Bonchev–Trinajstić information content (AvgIpc) is 2.62. The van der Waals surface area contributed by atoms with E-state index in [4.69, 9.17) is 9.15 Å². The number of fused-ring (bicyclic) bond motifs is 2.